The van der Waals surface area contributed by atoms with Gasteiger partial charge in [0, 0.05) is 22.9 Å². The molecule has 22 heavy (non-hydrogen) atoms. The van der Waals surface area contributed by atoms with Crippen LogP contribution < -0.4 is 15.4 Å². The van der Waals surface area contributed by atoms with Crippen molar-refractivity contribution in [2.45, 2.75) is 18.9 Å². The van der Waals surface area contributed by atoms with Gasteiger partial charge in [-0.25, -0.2) is 0 Å². The SMILES string of the molecule is COc1cc2c(cc1NC(=S)NC1CC1)oc1ccccc12. The van der Waals surface area contributed by atoms with Gasteiger partial charge in [-0.05, 0) is 37.2 Å². The van der Waals surface area contributed by atoms with Crippen LogP contribution in [-0.2, 0) is 0 Å². The molecule has 4 rings (SSSR count). The second-order valence-corrected chi connectivity index (χ2v) is 5.93. The van der Waals surface area contributed by atoms with Crippen LogP contribution in [0.3, 0.4) is 0 Å². The van der Waals surface area contributed by atoms with E-state index in [-0.39, 0.29) is 0 Å². The van der Waals surface area contributed by atoms with E-state index in [2.05, 4.69) is 10.6 Å². The van der Waals surface area contributed by atoms with Gasteiger partial charge in [-0.2, -0.15) is 0 Å². The predicted molar refractivity (Wildman–Crippen MR) is 92.7 cm³/mol. The van der Waals surface area contributed by atoms with E-state index in [4.69, 9.17) is 21.4 Å². The van der Waals surface area contributed by atoms with Gasteiger partial charge in [-0.3, -0.25) is 0 Å². The molecule has 1 aliphatic rings. The fraction of sp³-hybridized carbons (Fsp3) is 0.235. The average molecular weight is 312 g/mol. The maximum atomic E-state index is 5.91. The average Bonchev–Trinajstić information content (AvgIpc) is 3.25. The second-order valence-electron chi connectivity index (χ2n) is 5.52. The Labute approximate surface area is 133 Å². The molecule has 0 radical (unpaired) electrons. The van der Waals surface area contributed by atoms with Crippen molar-refractivity contribution >= 4 is 45.0 Å². The molecule has 112 valence electrons. The molecule has 0 amide bonds. The summed E-state index contributed by atoms with van der Waals surface area (Å²) in [5.41, 5.74) is 2.50. The summed E-state index contributed by atoms with van der Waals surface area (Å²) in [7, 11) is 1.66. The van der Waals surface area contributed by atoms with Crippen LogP contribution in [0.25, 0.3) is 21.9 Å². The molecular formula is C17H16N2O2S. The number of fused-ring (bicyclic) bond motifs is 3. The summed E-state index contributed by atoms with van der Waals surface area (Å²) < 4.78 is 11.4. The highest BCUT2D eigenvalue weighted by atomic mass is 32.1. The minimum absolute atomic E-state index is 0.515. The Hall–Kier alpha value is -2.27. The molecule has 5 heteroatoms. The van der Waals surface area contributed by atoms with E-state index < -0.39 is 0 Å². The number of thiocarbonyl (C=S) groups is 1. The summed E-state index contributed by atoms with van der Waals surface area (Å²) in [5, 5.41) is 9.21. The van der Waals surface area contributed by atoms with Crippen molar-refractivity contribution in [2.75, 3.05) is 12.4 Å². The van der Waals surface area contributed by atoms with Crippen molar-refractivity contribution in [3.8, 4) is 5.75 Å². The van der Waals surface area contributed by atoms with Gasteiger partial charge < -0.3 is 19.8 Å². The van der Waals surface area contributed by atoms with Gasteiger partial charge in [-0.1, -0.05) is 18.2 Å². The zero-order valence-corrected chi connectivity index (χ0v) is 13.0. The quantitative estimate of drug-likeness (QED) is 0.715. The summed E-state index contributed by atoms with van der Waals surface area (Å²) in [6.07, 6.45) is 2.36. The van der Waals surface area contributed by atoms with Gasteiger partial charge in [0.2, 0.25) is 0 Å². The van der Waals surface area contributed by atoms with Crippen LogP contribution in [0.4, 0.5) is 5.69 Å². The molecule has 0 saturated heterocycles. The number of ether oxygens (including phenoxy) is 1. The summed E-state index contributed by atoms with van der Waals surface area (Å²) in [5.74, 6) is 0.749. The Morgan fingerprint density at radius 3 is 2.77 bits per heavy atom. The third-order valence-electron chi connectivity index (χ3n) is 3.86. The molecule has 4 nitrogen and oxygen atoms in total. The molecule has 1 saturated carbocycles. The smallest absolute Gasteiger partial charge is 0.171 e. The molecule has 1 fully saturated rings. The monoisotopic (exact) mass is 312 g/mol. The van der Waals surface area contributed by atoms with Crippen LogP contribution in [0.2, 0.25) is 0 Å². The van der Waals surface area contributed by atoms with Gasteiger partial charge in [0.1, 0.15) is 16.9 Å². The van der Waals surface area contributed by atoms with E-state index in [1.54, 1.807) is 7.11 Å². The standard InChI is InChI=1S/C17H16N2O2S/c1-20-16-8-12-11-4-2-3-5-14(11)21-15(12)9-13(16)19-17(22)18-10-6-7-10/h2-5,8-10H,6-7H2,1H3,(H2,18,19,22). The molecule has 0 unspecified atom stereocenters. The van der Waals surface area contributed by atoms with Gasteiger partial charge in [0.25, 0.3) is 0 Å². The zero-order valence-electron chi connectivity index (χ0n) is 12.2. The third kappa shape index (κ3) is 2.37. The van der Waals surface area contributed by atoms with Crippen LogP contribution in [0.15, 0.2) is 40.8 Å². The lowest BCUT2D eigenvalue weighted by molar-refractivity contribution is 0.417. The number of anilines is 1. The van der Waals surface area contributed by atoms with E-state index in [0.29, 0.717) is 11.2 Å². The molecule has 2 aromatic carbocycles. The van der Waals surface area contributed by atoms with E-state index in [1.807, 2.05) is 36.4 Å². The second kappa shape index (κ2) is 5.18. The number of para-hydroxylation sites is 1. The molecule has 1 aromatic heterocycles. The molecule has 0 atom stereocenters. The molecule has 3 aromatic rings. The first-order valence-corrected chi connectivity index (χ1v) is 7.72. The highest BCUT2D eigenvalue weighted by Crippen LogP contribution is 2.36. The van der Waals surface area contributed by atoms with Gasteiger partial charge in [0.05, 0.1) is 12.8 Å². The number of methoxy groups -OCH3 is 1. The number of nitrogens with one attached hydrogen (secondary N) is 2. The summed E-state index contributed by atoms with van der Waals surface area (Å²) in [6.45, 7) is 0. The summed E-state index contributed by atoms with van der Waals surface area (Å²) >= 11 is 5.34. The maximum Gasteiger partial charge on any atom is 0.171 e. The zero-order chi connectivity index (χ0) is 15.1. The first kappa shape index (κ1) is 13.4. The topological polar surface area (TPSA) is 46.4 Å². The Morgan fingerprint density at radius 2 is 2.00 bits per heavy atom. The van der Waals surface area contributed by atoms with Crippen molar-refractivity contribution in [1.82, 2.24) is 5.32 Å². The van der Waals surface area contributed by atoms with Crippen LogP contribution >= 0.6 is 12.2 Å². The third-order valence-corrected chi connectivity index (χ3v) is 4.08. The lowest BCUT2D eigenvalue weighted by atomic mass is 10.1. The number of hydrogen-bond donors (Lipinski definition) is 2. The largest absolute Gasteiger partial charge is 0.495 e. The number of benzene rings is 2. The van der Waals surface area contributed by atoms with Gasteiger partial charge >= 0.3 is 0 Å². The van der Waals surface area contributed by atoms with E-state index in [9.17, 15) is 0 Å². The fourth-order valence-electron chi connectivity index (χ4n) is 2.59. The van der Waals surface area contributed by atoms with Crippen molar-refractivity contribution in [2.24, 2.45) is 0 Å². The Kier molecular flexibility index (Phi) is 3.15. The van der Waals surface area contributed by atoms with E-state index >= 15 is 0 Å². The summed E-state index contributed by atoms with van der Waals surface area (Å²) in [4.78, 5) is 0. The van der Waals surface area contributed by atoms with Crippen LogP contribution in [0.1, 0.15) is 12.8 Å². The molecule has 0 spiro atoms. The minimum atomic E-state index is 0.515. The number of furan rings is 1. The van der Waals surface area contributed by atoms with Crippen LogP contribution in [-0.4, -0.2) is 18.3 Å². The molecule has 2 N–H and O–H groups in total. The van der Waals surface area contributed by atoms with Crippen LogP contribution in [0, 0.1) is 0 Å². The van der Waals surface area contributed by atoms with Gasteiger partial charge in [0.15, 0.2) is 5.11 Å². The van der Waals surface area contributed by atoms with Crippen molar-refractivity contribution in [3.05, 3.63) is 36.4 Å². The summed E-state index contributed by atoms with van der Waals surface area (Å²) in [6, 6.07) is 12.4. The lowest BCUT2D eigenvalue weighted by Gasteiger charge is -2.13. The molecule has 0 bridgehead atoms. The van der Waals surface area contributed by atoms with Crippen molar-refractivity contribution < 1.29 is 9.15 Å². The van der Waals surface area contributed by atoms with Crippen molar-refractivity contribution in [1.29, 1.82) is 0 Å². The first-order valence-electron chi connectivity index (χ1n) is 7.31. The predicted octanol–water partition coefficient (Wildman–Crippen LogP) is 4.04. The number of rotatable bonds is 3. The molecule has 1 heterocycles. The molecule has 0 aliphatic heterocycles. The Morgan fingerprint density at radius 1 is 1.18 bits per heavy atom. The fourth-order valence-corrected chi connectivity index (χ4v) is 2.87. The van der Waals surface area contributed by atoms with Gasteiger partial charge in [-0.15, -0.1) is 0 Å². The lowest BCUT2D eigenvalue weighted by Crippen LogP contribution is -2.30. The highest BCUT2D eigenvalue weighted by Gasteiger charge is 2.22. The van der Waals surface area contributed by atoms with E-state index in [0.717, 1.165) is 33.4 Å². The highest BCUT2D eigenvalue weighted by molar-refractivity contribution is 7.80. The number of hydrogen-bond acceptors (Lipinski definition) is 3. The Bertz CT molecular complexity index is 868. The maximum absolute atomic E-state index is 5.91. The van der Waals surface area contributed by atoms with E-state index in [1.165, 1.54) is 12.8 Å². The normalized spacial score (nSPS) is 14.2. The molecular weight excluding hydrogens is 296 g/mol. The van der Waals surface area contributed by atoms with Crippen LogP contribution in [0.5, 0.6) is 5.75 Å². The Balaban J connectivity index is 1.76. The minimum Gasteiger partial charge on any atom is -0.495 e. The molecule has 1 aliphatic carbocycles. The first-order chi connectivity index (χ1) is 10.7. The van der Waals surface area contributed by atoms with Crippen molar-refractivity contribution in [3.63, 3.8) is 0 Å².